The average molecular weight is 330 g/mol. The SMILES string of the molecule is CC(C)c1ccccc1NC(=O)COn1cccc(C(=O)O)c1=O. The van der Waals surface area contributed by atoms with Crippen molar-refractivity contribution < 1.29 is 19.5 Å². The highest BCUT2D eigenvalue weighted by atomic mass is 16.7. The Morgan fingerprint density at radius 3 is 2.58 bits per heavy atom. The van der Waals surface area contributed by atoms with Crippen LogP contribution in [0.3, 0.4) is 0 Å². The molecule has 0 radical (unpaired) electrons. The third-order valence-corrected chi connectivity index (χ3v) is 3.34. The average Bonchev–Trinajstić information content (AvgIpc) is 2.54. The molecule has 1 aromatic carbocycles. The lowest BCUT2D eigenvalue weighted by atomic mass is 10.0. The second kappa shape index (κ2) is 7.45. The highest BCUT2D eigenvalue weighted by molar-refractivity contribution is 5.92. The summed E-state index contributed by atoms with van der Waals surface area (Å²) in [6, 6.07) is 9.92. The second-order valence-corrected chi connectivity index (χ2v) is 5.42. The standard InChI is InChI=1S/C17H18N2O5/c1-11(2)12-6-3-4-8-14(12)18-15(20)10-24-19-9-5-7-13(16(19)21)17(22)23/h3-9,11H,10H2,1-2H3,(H,18,20)(H,22,23). The molecule has 24 heavy (non-hydrogen) atoms. The van der Waals surface area contributed by atoms with Crippen molar-refractivity contribution in [2.24, 2.45) is 0 Å². The van der Waals surface area contributed by atoms with E-state index >= 15 is 0 Å². The number of carboxylic acid groups (broad SMARTS) is 1. The number of carboxylic acids is 1. The lowest BCUT2D eigenvalue weighted by Crippen LogP contribution is -2.34. The largest absolute Gasteiger partial charge is 0.477 e. The maximum Gasteiger partial charge on any atom is 0.341 e. The van der Waals surface area contributed by atoms with Crippen molar-refractivity contribution in [1.82, 2.24) is 4.73 Å². The summed E-state index contributed by atoms with van der Waals surface area (Å²) < 4.78 is 0.734. The number of carbonyl (C=O) groups excluding carboxylic acids is 1. The van der Waals surface area contributed by atoms with Gasteiger partial charge < -0.3 is 15.3 Å². The zero-order valence-electron chi connectivity index (χ0n) is 13.4. The van der Waals surface area contributed by atoms with Crippen LogP contribution in [0.4, 0.5) is 5.69 Å². The van der Waals surface area contributed by atoms with Crippen LogP contribution in [0.1, 0.15) is 35.7 Å². The maximum atomic E-state index is 12.0. The van der Waals surface area contributed by atoms with Crippen LogP contribution in [-0.2, 0) is 4.79 Å². The molecule has 0 atom stereocenters. The molecule has 0 saturated heterocycles. The summed E-state index contributed by atoms with van der Waals surface area (Å²) in [4.78, 5) is 39.9. The molecule has 0 unspecified atom stereocenters. The van der Waals surface area contributed by atoms with Gasteiger partial charge in [-0.1, -0.05) is 32.0 Å². The van der Waals surface area contributed by atoms with Crippen LogP contribution in [0.25, 0.3) is 0 Å². The van der Waals surface area contributed by atoms with Gasteiger partial charge in [0, 0.05) is 11.9 Å². The van der Waals surface area contributed by atoms with Gasteiger partial charge in [0.2, 0.25) is 0 Å². The number of hydrogen-bond donors (Lipinski definition) is 2. The molecule has 7 nitrogen and oxygen atoms in total. The van der Waals surface area contributed by atoms with E-state index in [0.717, 1.165) is 10.3 Å². The van der Waals surface area contributed by atoms with Crippen molar-refractivity contribution >= 4 is 17.6 Å². The number of amides is 1. The third kappa shape index (κ3) is 4.01. The van der Waals surface area contributed by atoms with Crippen molar-refractivity contribution in [3.63, 3.8) is 0 Å². The fourth-order valence-electron chi connectivity index (χ4n) is 2.17. The van der Waals surface area contributed by atoms with Gasteiger partial charge in [0.05, 0.1) is 0 Å². The minimum atomic E-state index is -1.35. The van der Waals surface area contributed by atoms with Crippen LogP contribution in [-0.4, -0.2) is 28.3 Å². The first-order valence-corrected chi connectivity index (χ1v) is 7.37. The summed E-state index contributed by atoms with van der Waals surface area (Å²) in [6.45, 7) is 3.60. The highest BCUT2D eigenvalue weighted by Gasteiger charge is 2.13. The molecule has 0 bridgehead atoms. The van der Waals surface area contributed by atoms with E-state index in [1.807, 2.05) is 32.0 Å². The molecule has 126 valence electrons. The second-order valence-electron chi connectivity index (χ2n) is 5.42. The van der Waals surface area contributed by atoms with Gasteiger partial charge in [0.25, 0.3) is 11.5 Å². The molecule has 0 aliphatic carbocycles. The minimum Gasteiger partial charge on any atom is -0.477 e. The number of rotatable bonds is 6. The summed E-state index contributed by atoms with van der Waals surface area (Å²) in [5.41, 5.74) is 0.395. The topological polar surface area (TPSA) is 97.6 Å². The Balaban J connectivity index is 2.06. The van der Waals surface area contributed by atoms with Gasteiger partial charge in [0.1, 0.15) is 5.56 Å². The van der Waals surface area contributed by atoms with E-state index in [1.54, 1.807) is 6.07 Å². The van der Waals surface area contributed by atoms with Crippen molar-refractivity contribution in [1.29, 1.82) is 0 Å². The molecular formula is C17H18N2O5. The molecule has 0 saturated carbocycles. The van der Waals surface area contributed by atoms with Gasteiger partial charge in [-0.05, 0) is 29.7 Å². The Bertz CT molecular complexity index is 811. The fraction of sp³-hybridized carbons (Fsp3) is 0.235. The molecule has 1 amide bonds. The molecule has 1 aromatic heterocycles. The number of anilines is 1. The van der Waals surface area contributed by atoms with E-state index in [-0.39, 0.29) is 5.92 Å². The number of nitrogens with one attached hydrogen (secondary N) is 1. The lowest BCUT2D eigenvalue weighted by Gasteiger charge is -2.14. The zero-order chi connectivity index (χ0) is 17.7. The number of aromatic nitrogens is 1. The zero-order valence-corrected chi connectivity index (χ0v) is 13.4. The summed E-state index contributed by atoms with van der Waals surface area (Å²) in [7, 11) is 0. The fourth-order valence-corrected chi connectivity index (χ4v) is 2.17. The monoisotopic (exact) mass is 330 g/mol. The molecule has 0 aliphatic heterocycles. The Kier molecular flexibility index (Phi) is 5.36. The van der Waals surface area contributed by atoms with Crippen LogP contribution in [0.5, 0.6) is 0 Å². The third-order valence-electron chi connectivity index (χ3n) is 3.34. The molecule has 1 heterocycles. The minimum absolute atomic E-state index is 0.234. The van der Waals surface area contributed by atoms with Crippen molar-refractivity contribution in [3.8, 4) is 0 Å². The van der Waals surface area contributed by atoms with Gasteiger partial charge in [-0.3, -0.25) is 9.59 Å². The number of benzene rings is 1. The number of nitrogens with zero attached hydrogens (tertiary/aromatic N) is 1. The van der Waals surface area contributed by atoms with Gasteiger partial charge >= 0.3 is 5.97 Å². The summed E-state index contributed by atoms with van der Waals surface area (Å²) in [5, 5.41) is 11.6. The molecule has 0 spiro atoms. The van der Waals surface area contributed by atoms with Gasteiger partial charge in [0.15, 0.2) is 6.61 Å². The van der Waals surface area contributed by atoms with Gasteiger partial charge in [-0.2, -0.15) is 4.73 Å². The number of aromatic carboxylic acids is 1. The van der Waals surface area contributed by atoms with Crippen LogP contribution in [0.2, 0.25) is 0 Å². The van der Waals surface area contributed by atoms with E-state index in [2.05, 4.69) is 5.32 Å². The van der Waals surface area contributed by atoms with Crippen LogP contribution >= 0.6 is 0 Å². The van der Waals surface area contributed by atoms with Crippen LogP contribution in [0.15, 0.2) is 47.4 Å². The number of hydrogen-bond acceptors (Lipinski definition) is 4. The van der Waals surface area contributed by atoms with E-state index < -0.39 is 29.6 Å². The first-order chi connectivity index (χ1) is 11.4. The van der Waals surface area contributed by atoms with Crippen molar-refractivity contribution in [2.75, 3.05) is 11.9 Å². The predicted molar refractivity (Wildman–Crippen MR) is 88.3 cm³/mol. The molecule has 2 N–H and O–H groups in total. The summed E-state index contributed by atoms with van der Waals surface area (Å²) in [5.74, 6) is -1.57. The number of pyridine rings is 1. The Labute approximate surface area is 138 Å². The molecule has 2 aromatic rings. The van der Waals surface area contributed by atoms with Gasteiger partial charge in [-0.15, -0.1) is 0 Å². The van der Waals surface area contributed by atoms with Crippen molar-refractivity contribution in [2.45, 2.75) is 19.8 Å². The maximum absolute atomic E-state index is 12.0. The smallest absolute Gasteiger partial charge is 0.341 e. The summed E-state index contributed by atoms with van der Waals surface area (Å²) >= 11 is 0. The number of para-hydroxylation sites is 1. The normalized spacial score (nSPS) is 10.5. The van der Waals surface area contributed by atoms with Gasteiger partial charge in [-0.25, -0.2) is 4.79 Å². The van der Waals surface area contributed by atoms with E-state index in [1.165, 1.54) is 18.3 Å². The quantitative estimate of drug-likeness (QED) is 0.841. The Morgan fingerprint density at radius 2 is 1.92 bits per heavy atom. The number of carbonyl (C=O) groups is 2. The van der Waals surface area contributed by atoms with Crippen LogP contribution in [0, 0.1) is 0 Å². The van der Waals surface area contributed by atoms with Crippen LogP contribution < -0.4 is 15.7 Å². The molecular weight excluding hydrogens is 312 g/mol. The highest BCUT2D eigenvalue weighted by Crippen LogP contribution is 2.23. The Hall–Kier alpha value is -3.09. The lowest BCUT2D eigenvalue weighted by molar-refractivity contribution is -0.120. The van der Waals surface area contributed by atoms with Crippen molar-refractivity contribution in [3.05, 3.63) is 64.1 Å². The molecule has 2 rings (SSSR count). The first kappa shape index (κ1) is 17.3. The first-order valence-electron chi connectivity index (χ1n) is 7.37. The molecule has 7 heteroatoms. The van der Waals surface area contributed by atoms with E-state index in [0.29, 0.717) is 5.69 Å². The summed E-state index contributed by atoms with van der Waals surface area (Å²) in [6.07, 6.45) is 1.25. The molecule has 0 aliphatic rings. The predicted octanol–water partition coefficient (Wildman–Crippen LogP) is 1.74. The Morgan fingerprint density at radius 1 is 1.21 bits per heavy atom. The molecule has 0 fully saturated rings. The van der Waals surface area contributed by atoms with E-state index in [9.17, 15) is 14.4 Å². The van der Waals surface area contributed by atoms with E-state index in [4.69, 9.17) is 9.94 Å².